The second-order valence-electron chi connectivity index (χ2n) is 6.68. The van der Waals surface area contributed by atoms with E-state index in [1.165, 1.54) is 43.5 Å². The van der Waals surface area contributed by atoms with Crippen LogP contribution in [0.5, 0.6) is 11.5 Å². The van der Waals surface area contributed by atoms with Crippen LogP contribution in [0.25, 0.3) is 6.08 Å². The van der Waals surface area contributed by atoms with Gasteiger partial charge in [0, 0.05) is 5.56 Å². The summed E-state index contributed by atoms with van der Waals surface area (Å²) in [5.74, 6) is -0.482. The summed E-state index contributed by atoms with van der Waals surface area (Å²) in [7, 11) is 1.49. The van der Waals surface area contributed by atoms with E-state index in [1.807, 2.05) is 0 Å². The largest absolute Gasteiger partial charge is 0.493 e. The maximum atomic E-state index is 13.4. The highest BCUT2D eigenvalue weighted by molar-refractivity contribution is 6.12. The van der Waals surface area contributed by atoms with E-state index in [-0.39, 0.29) is 24.0 Å². The number of nitrogens with zero attached hydrogens (tertiary/aromatic N) is 1. The number of halogens is 2. The molecular weight excluding hydrogens is 404 g/mol. The fourth-order valence-electron chi connectivity index (χ4n) is 2.99. The molecule has 7 heteroatoms. The third-order valence-electron chi connectivity index (χ3n) is 4.47. The quantitative estimate of drug-likeness (QED) is 0.420. The van der Waals surface area contributed by atoms with Crippen molar-refractivity contribution in [2.24, 2.45) is 4.99 Å². The van der Waals surface area contributed by atoms with Crippen molar-refractivity contribution in [2.45, 2.75) is 6.61 Å². The molecule has 0 saturated carbocycles. The predicted molar refractivity (Wildman–Crippen MR) is 111 cm³/mol. The lowest BCUT2D eigenvalue weighted by atomic mass is 10.1. The highest BCUT2D eigenvalue weighted by Gasteiger charge is 2.24. The Morgan fingerprint density at radius 3 is 2.48 bits per heavy atom. The van der Waals surface area contributed by atoms with Crippen molar-refractivity contribution in [3.8, 4) is 11.5 Å². The number of methoxy groups -OCH3 is 1. The van der Waals surface area contributed by atoms with Gasteiger partial charge in [0.15, 0.2) is 17.2 Å². The first kappa shape index (κ1) is 20.3. The number of cyclic esters (lactones) is 1. The Balaban J connectivity index is 1.54. The summed E-state index contributed by atoms with van der Waals surface area (Å²) in [5, 5.41) is 0. The number of carbonyl (C=O) groups is 1. The number of esters is 1. The van der Waals surface area contributed by atoms with E-state index < -0.39 is 11.8 Å². The molecule has 3 aromatic carbocycles. The van der Waals surface area contributed by atoms with Gasteiger partial charge < -0.3 is 14.2 Å². The fraction of sp³-hybridized carbons (Fsp3) is 0.0833. The van der Waals surface area contributed by atoms with Crippen LogP contribution in [0.2, 0.25) is 0 Å². The van der Waals surface area contributed by atoms with E-state index in [9.17, 15) is 13.6 Å². The fourth-order valence-corrected chi connectivity index (χ4v) is 2.99. The molecule has 0 bridgehead atoms. The number of rotatable bonds is 6. The molecule has 1 heterocycles. The zero-order valence-corrected chi connectivity index (χ0v) is 16.5. The number of aliphatic imine (C=N–C) groups is 1. The first-order chi connectivity index (χ1) is 15.0. The minimum atomic E-state index is -0.635. The second-order valence-corrected chi connectivity index (χ2v) is 6.68. The van der Waals surface area contributed by atoms with Crippen molar-refractivity contribution in [1.29, 1.82) is 0 Å². The molecule has 4 rings (SSSR count). The summed E-state index contributed by atoms with van der Waals surface area (Å²) in [6, 6.07) is 16.9. The number of hydrogen-bond acceptors (Lipinski definition) is 5. The summed E-state index contributed by atoms with van der Waals surface area (Å²) in [6.45, 7) is 0.169. The SMILES string of the molecule is COc1cc(C=C2N=C(c3cccc(F)c3)OC2=O)ccc1OCc1cccc(F)c1. The zero-order valence-electron chi connectivity index (χ0n) is 16.5. The smallest absolute Gasteiger partial charge is 0.363 e. The van der Waals surface area contributed by atoms with Gasteiger partial charge in [-0.3, -0.25) is 0 Å². The van der Waals surface area contributed by atoms with Crippen LogP contribution in [0.4, 0.5) is 8.78 Å². The van der Waals surface area contributed by atoms with Crippen LogP contribution in [0.3, 0.4) is 0 Å². The average molecular weight is 421 g/mol. The molecule has 0 radical (unpaired) electrons. The van der Waals surface area contributed by atoms with Crippen LogP contribution in [-0.4, -0.2) is 19.0 Å². The number of ether oxygens (including phenoxy) is 3. The van der Waals surface area contributed by atoms with E-state index in [2.05, 4.69) is 4.99 Å². The summed E-state index contributed by atoms with van der Waals surface area (Å²) < 4.78 is 43.0. The molecule has 5 nitrogen and oxygen atoms in total. The number of carbonyl (C=O) groups excluding carboxylic acids is 1. The Kier molecular flexibility index (Phi) is 5.75. The van der Waals surface area contributed by atoms with Crippen LogP contribution in [0.1, 0.15) is 16.7 Å². The van der Waals surface area contributed by atoms with Gasteiger partial charge in [-0.2, -0.15) is 0 Å². The topological polar surface area (TPSA) is 57.1 Å². The highest BCUT2D eigenvalue weighted by atomic mass is 19.1. The van der Waals surface area contributed by atoms with Gasteiger partial charge >= 0.3 is 5.97 Å². The second kappa shape index (κ2) is 8.79. The molecule has 0 amide bonds. The standard InChI is InChI=1S/C24H17F2NO4/c1-29-22-12-15(8-9-21(22)30-14-16-4-2-6-18(25)10-16)11-20-24(28)31-23(27-20)17-5-3-7-19(26)13-17/h2-13H,14H2,1H3. The molecule has 0 atom stereocenters. The van der Waals surface area contributed by atoms with Gasteiger partial charge in [0.2, 0.25) is 5.90 Å². The molecule has 0 unspecified atom stereocenters. The predicted octanol–water partition coefficient (Wildman–Crippen LogP) is 4.90. The lowest BCUT2D eigenvalue weighted by Crippen LogP contribution is -2.05. The lowest BCUT2D eigenvalue weighted by Gasteiger charge is -2.11. The van der Waals surface area contributed by atoms with Gasteiger partial charge in [0.05, 0.1) is 7.11 Å². The summed E-state index contributed by atoms with van der Waals surface area (Å²) in [5.41, 5.74) is 1.76. The van der Waals surface area contributed by atoms with Crippen molar-refractivity contribution in [2.75, 3.05) is 7.11 Å². The Morgan fingerprint density at radius 2 is 1.74 bits per heavy atom. The van der Waals surface area contributed by atoms with Gasteiger partial charge in [-0.1, -0.05) is 24.3 Å². The Labute approximate surface area is 177 Å². The molecule has 0 saturated heterocycles. The van der Waals surface area contributed by atoms with Gasteiger partial charge in [-0.25, -0.2) is 18.6 Å². The number of hydrogen-bond donors (Lipinski definition) is 0. The molecule has 0 N–H and O–H groups in total. The number of benzene rings is 3. The lowest BCUT2D eigenvalue weighted by molar-refractivity contribution is -0.129. The van der Waals surface area contributed by atoms with Crippen LogP contribution in [-0.2, 0) is 16.1 Å². The highest BCUT2D eigenvalue weighted by Crippen LogP contribution is 2.30. The third-order valence-corrected chi connectivity index (χ3v) is 4.47. The molecular formula is C24H17F2NO4. The Morgan fingerprint density at radius 1 is 0.968 bits per heavy atom. The van der Waals surface area contributed by atoms with E-state index in [0.29, 0.717) is 28.2 Å². The van der Waals surface area contributed by atoms with Crippen molar-refractivity contribution >= 4 is 17.9 Å². The summed E-state index contributed by atoms with van der Waals surface area (Å²) >= 11 is 0. The maximum Gasteiger partial charge on any atom is 0.363 e. The minimum absolute atomic E-state index is 0.0396. The van der Waals surface area contributed by atoms with Crippen LogP contribution >= 0.6 is 0 Å². The third kappa shape index (κ3) is 4.78. The van der Waals surface area contributed by atoms with Gasteiger partial charge in [-0.15, -0.1) is 0 Å². The van der Waals surface area contributed by atoms with E-state index in [4.69, 9.17) is 14.2 Å². The monoisotopic (exact) mass is 421 g/mol. The molecule has 1 aliphatic rings. The molecule has 0 fully saturated rings. The van der Waals surface area contributed by atoms with Crippen molar-refractivity contribution in [3.63, 3.8) is 0 Å². The van der Waals surface area contributed by atoms with Crippen LogP contribution < -0.4 is 9.47 Å². The summed E-state index contributed by atoms with van der Waals surface area (Å²) in [4.78, 5) is 16.3. The maximum absolute atomic E-state index is 13.4. The van der Waals surface area contributed by atoms with Crippen LogP contribution in [0.15, 0.2) is 77.4 Å². The first-order valence-corrected chi connectivity index (χ1v) is 9.35. The molecule has 31 heavy (non-hydrogen) atoms. The molecule has 3 aromatic rings. The normalized spacial score (nSPS) is 14.4. The van der Waals surface area contributed by atoms with E-state index >= 15 is 0 Å². The minimum Gasteiger partial charge on any atom is -0.493 e. The molecule has 1 aliphatic heterocycles. The molecule has 0 spiro atoms. The van der Waals surface area contributed by atoms with Crippen LogP contribution in [0, 0.1) is 11.6 Å². The van der Waals surface area contributed by atoms with Gasteiger partial charge in [0.25, 0.3) is 0 Å². The van der Waals surface area contributed by atoms with Gasteiger partial charge in [0.1, 0.15) is 18.2 Å². The van der Waals surface area contributed by atoms with Crippen molar-refractivity contribution in [3.05, 3.63) is 101 Å². The van der Waals surface area contributed by atoms with E-state index in [0.717, 1.165) is 0 Å². The Bertz CT molecular complexity index is 1200. The molecule has 0 aliphatic carbocycles. The van der Waals surface area contributed by atoms with Gasteiger partial charge in [-0.05, 0) is 59.7 Å². The summed E-state index contributed by atoms with van der Waals surface area (Å²) in [6.07, 6.45) is 1.54. The first-order valence-electron chi connectivity index (χ1n) is 9.35. The zero-order chi connectivity index (χ0) is 21.8. The average Bonchev–Trinajstić information content (AvgIpc) is 3.13. The molecule has 0 aromatic heterocycles. The Hall–Kier alpha value is -4.00. The van der Waals surface area contributed by atoms with E-state index in [1.54, 1.807) is 36.4 Å². The van der Waals surface area contributed by atoms with Crippen molar-refractivity contribution < 1.29 is 27.8 Å². The molecule has 156 valence electrons. The van der Waals surface area contributed by atoms with Crippen molar-refractivity contribution in [1.82, 2.24) is 0 Å².